The normalized spacial score (nSPS) is 20.6. The average molecular weight is 639 g/mol. The number of carbonyl (C=O) groups excluding carboxylic acids is 2. The molecule has 1 fully saturated rings. The van der Waals surface area contributed by atoms with Crippen LogP contribution in [-0.4, -0.2) is 60.8 Å². The van der Waals surface area contributed by atoms with Gasteiger partial charge in [0.05, 0.1) is 11.6 Å². The van der Waals surface area contributed by atoms with Crippen molar-refractivity contribution in [1.82, 2.24) is 20.6 Å². The highest BCUT2D eigenvalue weighted by molar-refractivity contribution is 7.80. The number of carboxylic acids is 2. The fourth-order valence-corrected chi connectivity index (χ4v) is 6.83. The number of hydrogen-bond acceptors (Lipinski definition) is 6. The average Bonchev–Trinajstić information content (AvgIpc) is 3.60. The van der Waals surface area contributed by atoms with E-state index in [0.717, 1.165) is 57.1 Å². The van der Waals surface area contributed by atoms with Crippen molar-refractivity contribution in [3.05, 3.63) is 74.2 Å². The number of carboxylic acid groups (broad SMARTS) is 2. The van der Waals surface area contributed by atoms with E-state index in [0.29, 0.717) is 30.6 Å². The number of nitrogens with one attached hydrogen (secondary N) is 4. The number of hydrogen-bond donors (Lipinski definition) is 8. The number of aromatic nitrogens is 2. The van der Waals surface area contributed by atoms with Gasteiger partial charge in [-0.3, -0.25) is 19.2 Å². The first-order valence-corrected chi connectivity index (χ1v) is 15.7. The monoisotopic (exact) mass is 638 g/mol. The van der Waals surface area contributed by atoms with Crippen molar-refractivity contribution in [3.8, 4) is 0 Å². The number of amides is 2. The van der Waals surface area contributed by atoms with Crippen molar-refractivity contribution in [2.45, 2.75) is 78.7 Å². The third-order valence-electron chi connectivity index (χ3n) is 9.18. The summed E-state index contributed by atoms with van der Waals surface area (Å²) in [5, 5.41) is 34.7. The fraction of sp³-hybridized carbons (Fsp3) is 0.455. The molecule has 7 N–H and O–H groups in total. The highest BCUT2D eigenvalue weighted by Crippen LogP contribution is 2.34. The predicted molar refractivity (Wildman–Crippen MR) is 173 cm³/mol. The molecule has 0 aliphatic carbocycles. The maximum absolute atomic E-state index is 12.5. The van der Waals surface area contributed by atoms with Gasteiger partial charge in [0, 0.05) is 66.0 Å². The highest BCUT2D eigenvalue weighted by Gasteiger charge is 2.35. The molecule has 1 saturated heterocycles. The molecular formula is C33H42N4O7S. The number of H-pyrrole nitrogens is 2. The Morgan fingerprint density at radius 1 is 0.933 bits per heavy atom. The molecular weight excluding hydrogens is 596 g/mol. The van der Waals surface area contributed by atoms with Crippen molar-refractivity contribution in [3.63, 3.8) is 0 Å². The van der Waals surface area contributed by atoms with E-state index in [1.165, 1.54) is 0 Å². The molecule has 11 nitrogen and oxygen atoms in total. The molecule has 0 unspecified atom stereocenters. The van der Waals surface area contributed by atoms with E-state index in [9.17, 15) is 34.5 Å². The molecule has 2 amide bonds. The number of aliphatic hydroxyl groups excluding tert-OH is 1. The molecule has 2 aromatic heterocycles. The van der Waals surface area contributed by atoms with Crippen LogP contribution in [0.25, 0.3) is 6.08 Å². The van der Waals surface area contributed by atoms with Gasteiger partial charge in [0.25, 0.3) is 5.91 Å². The molecule has 0 bridgehead atoms. The van der Waals surface area contributed by atoms with Crippen LogP contribution in [0.5, 0.6) is 0 Å². The molecule has 0 aromatic carbocycles. The van der Waals surface area contributed by atoms with Gasteiger partial charge in [-0.25, -0.2) is 0 Å². The molecule has 4 heterocycles. The van der Waals surface area contributed by atoms with Crippen LogP contribution in [0.3, 0.4) is 0 Å². The zero-order valence-corrected chi connectivity index (χ0v) is 27.0. The van der Waals surface area contributed by atoms with Crippen LogP contribution in [0.2, 0.25) is 0 Å². The number of rotatable bonds is 14. The molecule has 12 heteroatoms. The lowest BCUT2D eigenvalue weighted by Gasteiger charge is -2.12. The van der Waals surface area contributed by atoms with Crippen LogP contribution in [-0.2, 0) is 44.9 Å². The standard InChI is InChI=1S/C33H42N4O7S/c1-15-20(6-8-29(39)40)26(34-23(15)12-25-18(4)31(19(5)38)33(44)36-25)14-27-21(7-9-30(41)42)16(2)24(35-27)13-28-22(10-11-45)17(3)32(43)37-28/h13,17,22,25,34-35,38,45H,5-12,14H2,1-4H3,(H,36,44)(H,37,43)(H,39,40)(H,41,42)/b28-13-/t17-,22-,25-/m1/s1. The second-order valence-corrected chi connectivity index (χ2v) is 12.4. The summed E-state index contributed by atoms with van der Waals surface area (Å²) in [6.07, 6.45) is 3.87. The van der Waals surface area contributed by atoms with E-state index in [4.69, 9.17) is 0 Å². The van der Waals surface area contributed by atoms with Crippen LogP contribution in [0.1, 0.15) is 78.1 Å². The molecule has 2 aliphatic rings. The third-order valence-corrected chi connectivity index (χ3v) is 9.44. The Balaban J connectivity index is 1.74. The minimum atomic E-state index is -0.925. The summed E-state index contributed by atoms with van der Waals surface area (Å²) in [5.41, 5.74) is 8.35. The summed E-state index contributed by atoms with van der Waals surface area (Å²) in [4.78, 5) is 55.0. The molecule has 0 saturated carbocycles. The molecule has 3 atom stereocenters. The summed E-state index contributed by atoms with van der Waals surface area (Å²) in [7, 11) is 0. The summed E-state index contributed by atoms with van der Waals surface area (Å²) >= 11 is 4.38. The van der Waals surface area contributed by atoms with E-state index in [2.05, 4.69) is 39.8 Å². The third kappa shape index (κ3) is 7.22. The molecule has 4 rings (SSSR count). The maximum atomic E-state index is 12.5. The van der Waals surface area contributed by atoms with Gasteiger partial charge in [-0.2, -0.15) is 12.6 Å². The maximum Gasteiger partial charge on any atom is 0.303 e. The summed E-state index contributed by atoms with van der Waals surface area (Å²) in [5.74, 6) is -2.12. The summed E-state index contributed by atoms with van der Waals surface area (Å²) < 4.78 is 0. The van der Waals surface area contributed by atoms with Crippen molar-refractivity contribution in [2.24, 2.45) is 11.8 Å². The van der Waals surface area contributed by atoms with Crippen LogP contribution in [0, 0.1) is 25.7 Å². The number of aliphatic carboxylic acids is 2. The van der Waals surface area contributed by atoms with Crippen LogP contribution in [0.15, 0.2) is 29.2 Å². The Bertz CT molecular complexity index is 1610. The number of thiol groups is 1. The van der Waals surface area contributed by atoms with Gasteiger partial charge in [0.2, 0.25) is 5.91 Å². The summed E-state index contributed by atoms with van der Waals surface area (Å²) in [6, 6.07) is -0.375. The van der Waals surface area contributed by atoms with Crippen molar-refractivity contribution in [1.29, 1.82) is 0 Å². The molecule has 242 valence electrons. The van der Waals surface area contributed by atoms with Gasteiger partial charge in [-0.05, 0) is 79.7 Å². The number of carbonyl (C=O) groups is 4. The first-order valence-electron chi connectivity index (χ1n) is 15.1. The van der Waals surface area contributed by atoms with Gasteiger partial charge < -0.3 is 35.9 Å². The predicted octanol–water partition coefficient (Wildman–Crippen LogP) is 4.06. The first kappa shape index (κ1) is 33.7. The quantitative estimate of drug-likeness (QED) is 0.113. The van der Waals surface area contributed by atoms with Crippen LogP contribution in [0.4, 0.5) is 0 Å². The van der Waals surface area contributed by atoms with Crippen molar-refractivity contribution >= 4 is 42.5 Å². The zero-order chi connectivity index (χ0) is 33.2. The minimum absolute atomic E-state index is 0.00282. The molecule has 2 aromatic rings. The Kier molecular flexibility index (Phi) is 10.4. The molecule has 2 aliphatic heterocycles. The van der Waals surface area contributed by atoms with Crippen LogP contribution < -0.4 is 10.6 Å². The Labute approximate surface area is 267 Å². The number of aromatic amines is 2. The zero-order valence-electron chi connectivity index (χ0n) is 26.1. The Morgan fingerprint density at radius 2 is 1.53 bits per heavy atom. The van der Waals surface area contributed by atoms with Crippen molar-refractivity contribution < 1.29 is 34.5 Å². The first-order chi connectivity index (χ1) is 21.2. The molecule has 0 radical (unpaired) electrons. The molecule has 45 heavy (non-hydrogen) atoms. The van der Waals surface area contributed by atoms with Gasteiger partial charge in [0.1, 0.15) is 5.76 Å². The Hall–Kier alpha value is -4.19. The lowest BCUT2D eigenvalue weighted by Crippen LogP contribution is -2.30. The van der Waals surface area contributed by atoms with E-state index >= 15 is 0 Å². The van der Waals surface area contributed by atoms with E-state index in [-0.39, 0.29) is 54.4 Å². The summed E-state index contributed by atoms with van der Waals surface area (Å²) in [6.45, 7) is 11.0. The van der Waals surface area contributed by atoms with Gasteiger partial charge in [-0.15, -0.1) is 0 Å². The van der Waals surface area contributed by atoms with Gasteiger partial charge >= 0.3 is 11.9 Å². The van der Waals surface area contributed by atoms with E-state index in [1.54, 1.807) is 6.92 Å². The van der Waals surface area contributed by atoms with E-state index < -0.39 is 17.8 Å². The van der Waals surface area contributed by atoms with Crippen molar-refractivity contribution in [2.75, 3.05) is 5.75 Å². The highest BCUT2D eigenvalue weighted by atomic mass is 32.1. The topological polar surface area (TPSA) is 185 Å². The Morgan fingerprint density at radius 3 is 2.09 bits per heavy atom. The molecule has 0 spiro atoms. The number of aliphatic hydroxyl groups is 1. The lowest BCUT2D eigenvalue weighted by molar-refractivity contribution is -0.138. The fourth-order valence-electron chi connectivity index (χ4n) is 6.55. The smallest absolute Gasteiger partial charge is 0.303 e. The van der Waals surface area contributed by atoms with Gasteiger partial charge in [-0.1, -0.05) is 13.5 Å². The second kappa shape index (κ2) is 13.8. The van der Waals surface area contributed by atoms with Crippen LogP contribution >= 0.6 is 12.6 Å². The van der Waals surface area contributed by atoms with E-state index in [1.807, 2.05) is 26.8 Å². The second-order valence-electron chi connectivity index (χ2n) is 12.0. The number of allylic oxidation sites excluding steroid dienone is 1. The lowest BCUT2D eigenvalue weighted by atomic mass is 9.91. The SMILES string of the molecule is C=C(O)C1=C(C)[C@@H](Cc2[nH]c(Cc3[nH]c(/C=C4\NC(=O)[C@H](C)[C@H]4CCS)c(C)c3CCC(=O)O)c(CCC(=O)O)c2C)NC1=O. The largest absolute Gasteiger partial charge is 0.508 e. The van der Waals surface area contributed by atoms with Gasteiger partial charge in [0.15, 0.2) is 0 Å². The minimum Gasteiger partial charge on any atom is -0.508 e.